The third kappa shape index (κ3) is 18.8. The van der Waals surface area contributed by atoms with E-state index >= 15 is 0 Å². The second kappa shape index (κ2) is 24.1. The molecule has 0 aromatic heterocycles. The Kier molecular flexibility index (Phi) is 26.6. The maximum absolute atomic E-state index is 10.6. The van der Waals surface area contributed by atoms with Crippen LogP contribution in [-0.4, -0.2) is 32.8 Å². The summed E-state index contributed by atoms with van der Waals surface area (Å²) in [5, 5.41) is 0. The summed E-state index contributed by atoms with van der Waals surface area (Å²) in [6, 6.07) is 0. The molecule has 0 atom stereocenters. The van der Waals surface area contributed by atoms with Gasteiger partial charge in [-0.3, -0.25) is 4.79 Å². The first kappa shape index (κ1) is 31.0. The van der Waals surface area contributed by atoms with E-state index in [2.05, 4.69) is 31.9 Å². The Morgan fingerprint density at radius 2 is 1.29 bits per heavy atom. The normalized spacial score (nSPS) is 15.6. The zero-order chi connectivity index (χ0) is 20.2. The van der Waals surface area contributed by atoms with E-state index in [4.69, 9.17) is 0 Å². The number of methoxy groups -OCH3 is 1. The summed E-state index contributed by atoms with van der Waals surface area (Å²) in [5.41, 5.74) is 0. The molecular formula is C24H38FeO2Sn+2. The van der Waals surface area contributed by atoms with Crippen molar-refractivity contribution in [2.24, 2.45) is 0 Å². The average molecular weight is 533 g/mol. The van der Waals surface area contributed by atoms with E-state index < -0.39 is 19.8 Å². The number of ether oxygens (including phenoxy) is 1. The number of hydrogen-bond donors (Lipinski definition) is 0. The molecule has 4 heteroatoms. The van der Waals surface area contributed by atoms with Crippen molar-refractivity contribution >= 4 is 25.7 Å². The van der Waals surface area contributed by atoms with E-state index in [-0.39, 0.29) is 23.0 Å². The third-order valence-electron chi connectivity index (χ3n) is 4.21. The van der Waals surface area contributed by atoms with Crippen LogP contribution in [0.5, 0.6) is 0 Å². The van der Waals surface area contributed by atoms with Gasteiger partial charge in [-0.15, -0.1) is 0 Å². The number of hydrogen-bond acceptors (Lipinski definition) is 2. The number of esters is 1. The zero-order valence-corrected chi connectivity index (χ0v) is 22.1. The van der Waals surface area contributed by atoms with Gasteiger partial charge in [0, 0.05) is 0 Å². The van der Waals surface area contributed by atoms with E-state index in [1.807, 2.05) is 32.1 Å². The molecule has 0 aliphatic heterocycles. The second-order valence-corrected chi connectivity index (χ2v) is 15.2. The van der Waals surface area contributed by atoms with Crippen molar-refractivity contribution in [1.29, 1.82) is 0 Å². The molecule has 2 nitrogen and oxygen atoms in total. The summed E-state index contributed by atoms with van der Waals surface area (Å²) in [7, 11) is 1.35. The fourth-order valence-corrected chi connectivity index (χ4v) is 12.0. The van der Waals surface area contributed by atoms with Gasteiger partial charge in [0.2, 0.25) is 0 Å². The predicted octanol–water partition coefficient (Wildman–Crippen LogP) is 6.34. The standard InChI is InChI=1S/C7H6O2.C5H5.3C4H9.Fe.Sn/c1-9-7(8)6-4-2-3-5-6;1-2-4-5-3-1;3*1-3-4-2;;/h2-4H,1H3;1-5H;3*1,3-4H2,2H3;;/q-1;;;;;+2;+1. The van der Waals surface area contributed by atoms with Crippen molar-refractivity contribution in [3.05, 3.63) is 63.7 Å². The largest absolute Gasteiger partial charge is 2.00 e. The van der Waals surface area contributed by atoms with Gasteiger partial charge in [-0.25, -0.2) is 6.42 Å². The van der Waals surface area contributed by atoms with Crippen molar-refractivity contribution in [2.75, 3.05) is 7.11 Å². The van der Waals surface area contributed by atoms with Crippen LogP contribution in [0.15, 0.2) is 0 Å². The summed E-state index contributed by atoms with van der Waals surface area (Å²) >= 11 is -0.839. The van der Waals surface area contributed by atoms with Gasteiger partial charge >= 0.3 is 109 Å². The third-order valence-corrected chi connectivity index (χ3v) is 13.3. The summed E-state index contributed by atoms with van der Waals surface area (Å²) < 4.78 is 9.46. The maximum atomic E-state index is 10.6. The molecule has 2 fully saturated rings. The quantitative estimate of drug-likeness (QED) is 0.186. The van der Waals surface area contributed by atoms with E-state index in [0.29, 0.717) is 5.92 Å². The number of carbonyl (C=O) groups is 1. The van der Waals surface area contributed by atoms with Gasteiger partial charge in [-0.1, -0.05) is 18.8 Å². The molecule has 0 spiro atoms. The first-order chi connectivity index (χ1) is 13.2. The van der Waals surface area contributed by atoms with Gasteiger partial charge < -0.3 is 11.2 Å². The minimum atomic E-state index is -0.839. The van der Waals surface area contributed by atoms with Crippen LogP contribution in [-0.2, 0) is 26.6 Å². The summed E-state index contributed by atoms with van der Waals surface area (Å²) in [6.07, 6.45) is 26.6. The second-order valence-electron chi connectivity index (χ2n) is 6.60. The molecule has 0 unspecified atom stereocenters. The van der Waals surface area contributed by atoms with Crippen LogP contribution in [0.4, 0.5) is 0 Å². The van der Waals surface area contributed by atoms with Crippen LogP contribution >= 0.6 is 0 Å². The minimum absolute atomic E-state index is 0. The van der Waals surface area contributed by atoms with Gasteiger partial charge in [0.15, 0.2) is 0 Å². The zero-order valence-electron chi connectivity index (χ0n) is 18.2. The van der Waals surface area contributed by atoms with Crippen LogP contribution in [0.25, 0.3) is 0 Å². The van der Waals surface area contributed by atoms with Crippen LogP contribution in [0.1, 0.15) is 59.3 Å². The molecule has 2 aliphatic rings. The predicted molar refractivity (Wildman–Crippen MR) is 118 cm³/mol. The monoisotopic (exact) mass is 534 g/mol. The Balaban J connectivity index is 0. The Morgan fingerprint density at radius 1 is 0.857 bits per heavy atom. The van der Waals surface area contributed by atoms with E-state index in [9.17, 15) is 4.79 Å². The van der Waals surface area contributed by atoms with Crippen LogP contribution in [0.3, 0.4) is 0 Å². The Hall–Kier alpha value is 0.788. The van der Waals surface area contributed by atoms with Gasteiger partial charge in [0.1, 0.15) is 0 Å². The van der Waals surface area contributed by atoms with Gasteiger partial charge in [0.05, 0.1) is 7.11 Å². The topological polar surface area (TPSA) is 26.3 Å². The maximum Gasteiger partial charge on any atom is 2.00 e. The molecule has 156 valence electrons. The molecule has 0 aromatic carbocycles. The molecule has 28 heavy (non-hydrogen) atoms. The molecule has 0 saturated heterocycles. The van der Waals surface area contributed by atoms with Gasteiger partial charge in [-0.05, 0) is 32.1 Å². The molecule has 2 saturated carbocycles. The Labute approximate surface area is 194 Å². The first-order valence-electron chi connectivity index (χ1n) is 10.4. The molecular weight excluding hydrogens is 495 g/mol. The molecule has 0 N–H and O–H groups in total. The van der Waals surface area contributed by atoms with Crippen LogP contribution < -0.4 is 0 Å². The molecule has 2 rings (SSSR count). The fraction of sp³-hybridized carbons (Fsp3) is 0.542. The summed E-state index contributed by atoms with van der Waals surface area (Å²) in [5.74, 6) is 0.150. The summed E-state index contributed by atoms with van der Waals surface area (Å²) in [4.78, 5) is 10.6. The molecule has 10 radical (unpaired) electrons. The van der Waals surface area contributed by atoms with Gasteiger partial charge in [0.25, 0.3) is 5.97 Å². The van der Waals surface area contributed by atoms with Crippen molar-refractivity contribution in [3.63, 3.8) is 0 Å². The number of unbranched alkanes of at least 4 members (excludes halogenated alkanes) is 3. The van der Waals surface area contributed by atoms with E-state index in [0.717, 1.165) is 0 Å². The molecule has 0 amide bonds. The Bertz CT molecular complexity index is 289. The summed E-state index contributed by atoms with van der Waals surface area (Å²) in [6.45, 7) is 7.00. The smallest absolute Gasteiger partial charge is 0.471 e. The van der Waals surface area contributed by atoms with Crippen molar-refractivity contribution < 1.29 is 26.6 Å². The van der Waals surface area contributed by atoms with Crippen molar-refractivity contribution in [2.45, 2.75) is 72.6 Å². The molecule has 0 bridgehead atoms. The fourth-order valence-electron chi connectivity index (χ4n) is 2.54. The average Bonchev–Trinajstić information content (AvgIpc) is 3.44. The van der Waals surface area contributed by atoms with E-state index in [1.54, 1.807) is 32.6 Å². The Morgan fingerprint density at radius 3 is 1.57 bits per heavy atom. The number of carbonyl (C=O) groups excluding carboxylic acids is 1. The SMILES string of the molecule is CCC[CH2][Sn+]([CH2]CCC)[CH2]CCC.COC(=O)[C]1[C-][CH][CH][CH]1.[CH]1[CH][CH][CH][CH]1.[Fe+2]. The van der Waals surface area contributed by atoms with Crippen molar-refractivity contribution in [1.82, 2.24) is 0 Å². The molecule has 0 aromatic rings. The first-order valence-corrected chi connectivity index (χ1v) is 16.5. The van der Waals surface area contributed by atoms with Crippen LogP contribution in [0.2, 0.25) is 13.3 Å². The van der Waals surface area contributed by atoms with Gasteiger partial charge in [-0.2, -0.15) is 0 Å². The molecule has 0 heterocycles. The van der Waals surface area contributed by atoms with Crippen LogP contribution in [0, 0.1) is 63.7 Å². The van der Waals surface area contributed by atoms with E-state index in [1.165, 1.54) is 45.6 Å². The number of rotatable bonds is 10. The minimum Gasteiger partial charge on any atom is -0.471 e. The molecule has 2 aliphatic carbocycles. The van der Waals surface area contributed by atoms with Crippen molar-refractivity contribution in [3.8, 4) is 0 Å².